The van der Waals surface area contributed by atoms with Crippen molar-refractivity contribution >= 4 is 15.9 Å². The molecule has 134 valence electrons. The summed E-state index contributed by atoms with van der Waals surface area (Å²) in [5.74, 6) is 0.431. The van der Waals surface area contributed by atoms with Gasteiger partial charge in [0, 0.05) is 12.4 Å². The van der Waals surface area contributed by atoms with Gasteiger partial charge in [-0.3, -0.25) is 0 Å². The average molecular weight is 377 g/mol. The van der Waals surface area contributed by atoms with E-state index < -0.39 is 9.84 Å². The van der Waals surface area contributed by atoms with Crippen molar-refractivity contribution in [1.29, 1.82) is 5.26 Å². The van der Waals surface area contributed by atoms with Gasteiger partial charge in [-0.1, -0.05) is 29.8 Å². The maximum Gasteiger partial charge on any atom is 0.321 e. The van der Waals surface area contributed by atoms with E-state index in [1.54, 1.807) is 60.9 Å². The van der Waals surface area contributed by atoms with Crippen LogP contribution in [-0.4, -0.2) is 18.4 Å². The van der Waals surface area contributed by atoms with Crippen molar-refractivity contribution in [1.82, 2.24) is 9.97 Å². The fourth-order valence-electron chi connectivity index (χ4n) is 2.28. The average Bonchev–Trinajstić information content (AvgIpc) is 2.67. The summed E-state index contributed by atoms with van der Waals surface area (Å²) in [6, 6.07) is 16.7. The molecule has 27 heavy (non-hydrogen) atoms. The Kier molecular flexibility index (Phi) is 5.29. The van der Waals surface area contributed by atoms with Gasteiger partial charge in [-0.2, -0.15) is 5.26 Å². The van der Waals surface area contributed by atoms with Crippen LogP contribution in [0.2, 0.25) is 0 Å². The van der Waals surface area contributed by atoms with Crippen LogP contribution in [0.15, 0.2) is 76.8 Å². The van der Waals surface area contributed by atoms with Crippen LogP contribution in [-0.2, 0) is 9.84 Å². The number of aryl methyl sites for hydroxylation is 1. The van der Waals surface area contributed by atoms with E-state index in [2.05, 4.69) is 9.97 Å². The maximum absolute atomic E-state index is 12.7. The first-order chi connectivity index (χ1) is 13.0. The number of nitriles is 1. The summed E-state index contributed by atoms with van der Waals surface area (Å²) in [6.45, 7) is 1.86. The molecule has 0 atom stereocenters. The first-order valence-corrected chi connectivity index (χ1v) is 9.46. The van der Waals surface area contributed by atoms with E-state index in [4.69, 9.17) is 4.74 Å². The van der Waals surface area contributed by atoms with Crippen LogP contribution in [0, 0.1) is 18.3 Å². The molecule has 2 aromatic carbocycles. The highest BCUT2D eigenvalue weighted by molar-refractivity contribution is 7.95. The second kappa shape index (κ2) is 7.81. The molecule has 0 aliphatic rings. The van der Waals surface area contributed by atoms with E-state index in [0.29, 0.717) is 11.3 Å². The zero-order valence-corrected chi connectivity index (χ0v) is 15.2. The van der Waals surface area contributed by atoms with Crippen molar-refractivity contribution in [2.24, 2.45) is 0 Å². The third kappa shape index (κ3) is 4.37. The van der Waals surface area contributed by atoms with Gasteiger partial charge < -0.3 is 4.74 Å². The summed E-state index contributed by atoms with van der Waals surface area (Å²) in [5.41, 5.74) is 1.44. The van der Waals surface area contributed by atoms with Crippen LogP contribution >= 0.6 is 0 Å². The summed E-state index contributed by atoms with van der Waals surface area (Å²) in [7, 11) is -3.90. The van der Waals surface area contributed by atoms with Gasteiger partial charge in [0.1, 0.15) is 16.7 Å². The predicted octanol–water partition coefficient (Wildman–Crippen LogP) is 3.92. The van der Waals surface area contributed by atoms with E-state index in [9.17, 15) is 13.7 Å². The lowest BCUT2D eigenvalue weighted by atomic mass is 10.2. The van der Waals surface area contributed by atoms with Crippen molar-refractivity contribution in [3.8, 4) is 17.8 Å². The number of rotatable bonds is 5. The largest absolute Gasteiger partial charge is 0.424 e. The van der Waals surface area contributed by atoms with Crippen LogP contribution in [0.4, 0.5) is 0 Å². The van der Waals surface area contributed by atoms with Crippen LogP contribution in [0.3, 0.4) is 0 Å². The Hall–Kier alpha value is -3.50. The Labute approximate surface area is 157 Å². The van der Waals surface area contributed by atoms with Crippen LogP contribution in [0.1, 0.15) is 11.1 Å². The zero-order chi connectivity index (χ0) is 19.3. The first-order valence-electron chi connectivity index (χ1n) is 7.97. The molecule has 0 bridgehead atoms. The summed E-state index contributed by atoms with van der Waals surface area (Å²) in [6.07, 6.45) is 4.41. The number of hydrogen-bond acceptors (Lipinski definition) is 6. The topological polar surface area (TPSA) is 92.9 Å². The van der Waals surface area contributed by atoms with E-state index in [0.717, 1.165) is 5.56 Å². The summed E-state index contributed by atoms with van der Waals surface area (Å²) >= 11 is 0. The fourth-order valence-corrected chi connectivity index (χ4v) is 3.44. The number of nitrogens with zero attached hydrogens (tertiary/aromatic N) is 3. The Morgan fingerprint density at radius 2 is 1.78 bits per heavy atom. The number of hydrogen-bond donors (Lipinski definition) is 0. The number of aromatic nitrogens is 2. The quantitative estimate of drug-likeness (QED) is 0.626. The van der Waals surface area contributed by atoms with Gasteiger partial charge >= 0.3 is 6.01 Å². The van der Waals surface area contributed by atoms with Gasteiger partial charge in [-0.15, -0.1) is 0 Å². The lowest BCUT2D eigenvalue weighted by Gasteiger charge is -2.06. The van der Waals surface area contributed by atoms with Gasteiger partial charge in [0.15, 0.2) is 0 Å². The summed E-state index contributed by atoms with van der Waals surface area (Å²) in [5, 5.41) is 9.39. The SMILES string of the molecule is Cc1ccc(S(=O)(=O)C(C#N)=Cc2cccc(Oc3ncccn3)c2)cc1. The normalized spacial score (nSPS) is 11.6. The van der Waals surface area contributed by atoms with Crippen LogP contribution in [0.25, 0.3) is 6.08 Å². The lowest BCUT2D eigenvalue weighted by molar-refractivity contribution is 0.441. The van der Waals surface area contributed by atoms with Crippen molar-refractivity contribution in [2.45, 2.75) is 11.8 Å². The summed E-state index contributed by atoms with van der Waals surface area (Å²) < 4.78 is 31.0. The number of ether oxygens (including phenoxy) is 1. The Morgan fingerprint density at radius 1 is 1.07 bits per heavy atom. The molecule has 0 aliphatic carbocycles. The van der Waals surface area contributed by atoms with Crippen LogP contribution < -0.4 is 4.74 Å². The van der Waals surface area contributed by atoms with Gasteiger partial charge in [0.25, 0.3) is 0 Å². The lowest BCUT2D eigenvalue weighted by Crippen LogP contribution is -2.03. The van der Waals surface area contributed by atoms with Crippen molar-refractivity contribution in [3.05, 3.63) is 83.0 Å². The van der Waals surface area contributed by atoms with Gasteiger partial charge in [0.2, 0.25) is 9.84 Å². The molecule has 3 rings (SSSR count). The third-order valence-electron chi connectivity index (χ3n) is 3.64. The smallest absolute Gasteiger partial charge is 0.321 e. The van der Waals surface area contributed by atoms with E-state index >= 15 is 0 Å². The molecule has 0 unspecified atom stereocenters. The molecular weight excluding hydrogens is 362 g/mol. The second-order valence-corrected chi connectivity index (χ2v) is 7.56. The minimum absolute atomic E-state index is 0.0750. The zero-order valence-electron chi connectivity index (χ0n) is 14.4. The summed E-state index contributed by atoms with van der Waals surface area (Å²) in [4.78, 5) is 7.67. The Morgan fingerprint density at radius 3 is 2.44 bits per heavy atom. The van der Waals surface area contributed by atoms with Gasteiger partial charge in [0.05, 0.1) is 4.90 Å². The molecule has 6 nitrogen and oxygen atoms in total. The first kappa shape index (κ1) is 18.3. The third-order valence-corrected chi connectivity index (χ3v) is 5.32. The molecule has 0 aliphatic heterocycles. The highest BCUT2D eigenvalue weighted by Crippen LogP contribution is 2.24. The number of benzene rings is 2. The van der Waals surface area contributed by atoms with Crippen molar-refractivity contribution in [2.75, 3.05) is 0 Å². The molecule has 0 saturated heterocycles. The van der Waals surface area contributed by atoms with E-state index in [-0.39, 0.29) is 15.8 Å². The Balaban J connectivity index is 1.93. The molecule has 0 amide bonds. The van der Waals surface area contributed by atoms with Gasteiger partial charge in [-0.05, 0) is 48.9 Å². The predicted molar refractivity (Wildman–Crippen MR) is 101 cm³/mol. The van der Waals surface area contributed by atoms with E-state index in [1.165, 1.54) is 18.2 Å². The molecule has 0 saturated carbocycles. The number of sulfone groups is 1. The molecule has 3 aromatic rings. The van der Waals surface area contributed by atoms with Crippen molar-refractivity contribution in [3.63, 3.8) is 0 Å². The highest BCUT2D eigenvalue weighted by Gasteiger charge is 2.20. The monoisotopic (exact) mass is 377 g/mol. The molecule has 7 heteroatoms. The van der Waals surface area contributed by atoms with E-state index in [1.807, 2.05) is 6.92 Å². The minimum atomic E-state index is -3.90. The van der Waals surface area contributed by atoms with Crippen LogP contribution in [0.5, 0.6) is 11.8 Å². The maximum atomic E-state index is 12.7. The van der Waals surface area contributed by atoms with Gasteiger partial charge in [-0.25, -0.2) is 18.4 Å². The molecule has 0 spiro atoms. The molecule has 1 heterocycles. The highest BCUT2D eigenvalue weighted by atomic mass is 32.2. The van der Waals surface area contributed by atoms with Crippen molar-refractivity contribution < 1.29 is 13.2 Å². The molecular formula is C20H15N3O3S. The molecule has 1 aromatic heterocycles. The fraction of sp³-hybridized carbons (Fsp3) is 0.0500. The Bertz CT molecular complexity index is 1120. The minimum Gasteiger partial charge on any atom is -0.424 e. The standard InChI is InChI=1S/C20H15N3O3S/c1-15-6-8-18(9-7-15)27(24,25)19(14-21)13-16-4-2-5-17(12-16)26-20-22-10-3-11-23-20/h2-13H,1H3. The second-order valence-electron chi connectivity index (χ2n) is 5.64. The molecule has 0 fully saturated rings. The molecule has 0 radical (unpaired) electrons. The number of allylic oxidation sites excluding steroid dienone is 1. The molecule has 0 N–H and O–H groups in total.